The molecular weight excluding hydrogens is 352 g/mol. The number of nitrogens with zero attached hydrogens (tertiary/aromatic N) is 2. The lowest BCUT2D eigenvalue weighted by atomic mass is 10.1. The Bertz CT molecular complexity index is 1050. The van der Waals surface area contributed by atoms with Crippen molar-refractivity contribution < 1.29 is 19.6 Å². The number of benzene rings is 2. The standard InChI is InChI=1S/C18H14N4O5/c23-16-5-4-13(22(26)27)8-12(16)10-20-17(24)18(25)21-15-3-1-2-11-9-19-7-6-14(11)15/h1-9,23H,10H2,(H,20,24)(H,21,25). The number of nitro groups is 1. The van der Waals surface area contributed by atoms with Crippen LogP contribution in [0, 0.1) is 10.1 Å². The fourth-order valence-corrected chi connectivity index (χ4v) is 2.49. The summed E-state index contributed by atoms with van der Waals surface area (Å²) in [4.78, 5) is 38.3. The lowest BCUT2D eigenvalue weighted by molar-refractivity contribution is -0.384. The number of non-ortho nitro benzene ring substituents is 1. The molecule has 3 aromatic rings. The van der Waals surface area contributed by atoms with Crippen LogP contribution in [0.4, 0.5) is 11.4 Å². The van der Waals surface area contributed by atoms with Crippen molar-refractivity contribution in [3.8, 4) is 5.75 Å². The smallest absolute Gasteiger partial charge is 0.313 e. The van der Waals surface area contributed by atoms with Gasteiger partial charge in [-0.3, -0.25) is 24.7 Å². The van der Waals surface area contributed by atoms with Crippen LogP contribution in [0.15, 0.2) is 54.9 Å². The summed E-state index contributed by atoms with van der Waals surface area (Å²) in [6.07, 6.45) is 3.21. The number of aromatic hydroxyl groups is 1. The predicted molar refractivity (Wildman–Crippen MR) is 97.0 cm³/mol. The molecule has 2 amide bonds. The average molecular weight is 366 g/mol. The van der Waals surface area contributed by atoms with Crippen LogP contribution in [0.5, 0.6) is 5.75 Å². The van der Waals surface area contributed by atoms with Crippen LogP contribution in [-0.2, 0) is 16.1 Å². The maximum atomic E-state index is 12.1. The van der Waals surface area contributed by atoms with Crippen molar-refractivity contribution in [3.05, 3.63) is 70.5 Å². The van der Waals surface area contributed by atoms with Crippen molar-refractivity contribution in [2.45, 2.75) is 6.54 Å². The number of rotatable bonds is 4. The third-order valence-electron chi connectivity index (χ3n) is 3.85. The van der Waals surface area contributed by atoms with Gasteiger partial charge < -0.3 is 15.7 Å². The summed E-state index contributed by atoms with van der Waals surface area (Å²) < 4.78 is 0. The highest BCUT2D eigenvalue weighted by Crippen LogP contribution is 2.23. The molecule has 0 fully saturated rings. The SMILES string of the molecule is O=C(NCc1cc([N+](=O)[O-])ccc1O)C(=O)Nc1cccc2cnccc12. The van der Waals surface area contributed by atoms with Crippen LogP contribution in [0.2, 0.25) is 0 Å². The van der Waals surface area contributed by atoms with Crippen LogP contribution in [0.3, 0.4) is 0 Å². The molecule has 0 spiro atoms. The molecule has 3 N–H and O–H groups in total. The molecule has 0 saturated heterocycles. The Balaban J connectivity index is 1.69. The fourth-order valence-electron chi connectivity index (χ4n) is 2.49. The molecule has 0 aliphatic rings. The van der Waals surface area contributed by atoms with Gasteiger partial charge in [-0.05, 0) is 18.2 Å². The van der Waals surface area contributed by atoms with Crippen LogP contribution in [0.1, 0.15) is 5.56 Å². The van der Waals surface area contributed by atoms with E-state index in [-0.39, 0.29) is 23.5 Å². The van der Waals surface area contributed by atoms with Crippen molar-refractivity contribution >= 4 is 34.0 Å². The van der Waals surface area contributed by atoms with Gasteiger partial charge in [0, 0.05) is 53.1 Å². The zero-order valence-corrected chi connectivity index (χ0v) is 13.9. The van der Waals surface area contributed by atoms with Gasteiger partial charge in [0.1, 0.15) is 5.75 Å². The van der Waals surface area contributed by atoms with Crippen LogP contribution < -0.4 is 10.6 Å². The fraction of sp³-hybridized carbons (Fsp3) is 0.0556. The number of hydrogen-bond donors (Lipinski definition) is 3. The highest BCUT2D eigenvalue weighted by Gasteiger charge is 2.16. The van der Waals surface area contributed by atoms with Gasteiger partial charge in [-0.2, -0.15) is 0 Å². The second kappa shape index (κ2) is 7.48. The quantitative estimate of drug-likeness (QED) is 0.368. The van der Waals surface area contributed by atoms with E-state index < -0.39 is 16.7 Å². The van der Waals surface area contributed by atoms with E-state index in [4.69, 9.17) is 0 Å². The molecule has 0 bridgehead atoms. The Kier molecular flexibility index (Phi) is 4.93. The van der Waals surface area contributed by atoms with E-state index in [2.05, 4.69) is 15.6 Å². The molecule has 1 aromatic heterocycles. The zero-order chi connectivity index (χ0) is 19.4. The highest BCUT2D eigenvalue weighted by molar-refractivity contribution is 6.40. The Labute approximate surface area is 152 Å². The molecule has 136 valence electrons. The van der Waals surface area contributed by atoms with Gasteiger partial charge in [0.25, 0.3) is 5.69 Å². The number of aromatic nitrogens is 1. The lowest BCUT2D eigenvalue weighted by Crippen LogP contribution is -2.35. The maximum Gasteiger partial charge on any atom is 0.313 e. The van der Waals surface area contributed by atoms with Crippen molar-refractivity contribution in [2.75, 3.05) is 5.32 Å². The molecule has 27 heavy (non-hydrogen) atoms. The monoisotopic (exact) mass is 366 g/mol. The van der Waals surface area contributed by atoms with E-state index >= 15 is 0 Å². The van der Waals surface area contributed by atoms with Crippen LogP contribution in [0.25, 0.3) is 10.8 Å². The number of amides is 2. The highest BCUT2D eigenvalue weighted by atomic mass is 16.6. The maximum absolute atomic E-state index is 12.1. The summed E-state index contributed by atoms with van der Waals surface area (Å²) in [7, 11) is 0. The van der Waals surface area contributed by atoms with Crippen LogP contribution >= 0.6 is 0 Å². The molecule has 0 unspecified atom stereocenters. The third-order valence-corrected chi connectivity index (χ3v) is 3.85. The molecule has 0 atom stereocenters. The predicted octanol–water partition coefficient (Wildman–Crippen LogP) is 2.10. The van der Waals surface area contributed by atoms with Crippen molar-refractivity contribution in [3.63, 3.8) is 0 Å². The van der Waals surface area contributed by atoms with Gasteiger partial charge in [0.05, 0.1) is 4.92 Å². The Morgan fingerprint density at radius 1 is 1.15 bits per heavy atom. The van der Waals surface area contributed by atoms with Gasteiger partial charge in [-0.15, -0.1) is 0 Å². The first-order valence-corrected chi connectivity index (χ1v) is 7.84. The first kappa shape index (κ1) is 17.8. The number of anilines is 1. The number of nitrogens with one attached hydrogen (secondary N) is 2. The second-order valence-corrected chi connectivity index (χ2v) is 5.61. The molecule has 9 nitrogen and oxygen atoms in total. The van der Waals surface area contributed by atoms with Gasteiger partial charge >= 0.3 is 11.8 Å². The summed E-state index contributed by atoms with van der Waals surface area (Å²) in [5.74, 6) is -2.06. The third kappa shape index (κ3) is 3.98. The summed E-state index contributed by atoms with van der Waals surface area (Å²) >= 11 is 0. The first-order chi connectivity index (χ1) is 13.0. The van der Waals surface area contributed by atoms with Crippen molar-refractivity contribution in [2.24, 2.45) is 0 Å². The van der Waals surface area contributed by atoms with E-state index in [0.29, 0.717) is 5.69 Å². The first-order valence-electron chi connectivity index (χ1n) is 7.84. The molecular formula is C18H14N4O5. The van der Waals surface area contributed by atoms with Gasteiger partial charge in [0.2, 0.25) is 0 Å². The minimum absolute atomic E-state index is 0.126. The number of nitro benzene ring substituents is 1. The molecule has 3 rings (SSSR count). The molecule has 0 radical (unpaired) electrons. The average Bonchev–Trinajstić information content (AvgIpc) is 2.67. The molecule has 0 aliphatic heterocycles. The van der Waals surface area contributed by atoms with Gasteiger partial charge in [-0.1, -0.05) is 12.1 Å². The summed E-state index contributed by atoms with van der Waals surface area (Å²) in [5, 5.41) is 26.9. The number of hydrogen-bond acceptors (Lipinski definition) is 6. The molecule has 0 saturated carbocycles. The van der Waals surface area contributed by atoms with E-state index in [0.717, 1.165) is 29.0 Å². The number of carbonyl (C=O) groups excluding carboxylic acids is 2. The Hall–Kier alpha value is -4.01. The summed E-state index contributed by atoms with van der Waals surface area (Å²) in [6, 6.07) is 10.3. The van der Waals surface area contributed by atoms with Crippen LogP contribution in [-0.4, -0.2) is 26.8 Å². The molecule has 9 heteroatoms. The zero-order valence-electron chi connectivity index (χ0n) is 13.9. The van der Waals surface area contributed by atoms with Gasteiger partial charge in [-0.25, -0.2) is 0 Å². The molecule has 2 aromatic carbocycles. The minimum atomic E-state index is -0.938. The number of pyridine rings is 1. The molecule has 1 heterocycles. The largest absolute Gasteiger partial charge is 0.508 e. The lowest BCUT2D eigenvalue weighted by Gasteiger charge is -2.09. The Morgan fingerprint density at radius 2 is 1.96 bits per heavy atom. The van der Waals surface area contributed by atoms with E-state index in [1.807, 2.05) is 6.07 Å². The van der Waals surface area contributed by atoms with Crippen molar-refractivity contribution in [1.82, 2.24) is 10.3 Å². The Morgan fingerprint density at radius 3 is 2.74 bits per heavy atom. The number of phenolic OH excluding ortho intramolecular Hbond substituents is 1. The van der Waals surface area contributed by atoms with E-state index in [9.17, 15) is 24.8 Å². The van der Waals surface area contributed by atoms with Crippen molar-refractivity contribution in [1.29, 1.82) is 0 Å². The number of phenols is 1. The minimum Gasteiger partial charge on any atom is -0.508 e. The summed E-state index contributed by atoms with van der Waals surface area (Å²) in [5.41, 5.74) is 0.348. The topological polar surface area (TPSA) is 134 Å². The van der Waals surface area contributed by atoms with Gasteiger partial charge in [0.15, 0.2) is 0 Å². The normalized spacial score (nSPS) is 10.4. The van der Waals surface area contributed by atoms with E-state index in [1.165, 1.54) is 0 Å². The number of fused-ring (bicyclic) bond motifs is 1. The second-order valence-electron chi connectivity index (χ2n) is 5.61. The summed E-state index contributed by atoms with van der Waals surface area (Å²) in [6.45, 7) is -0.237. The molecule has 0 aliphatic carbocycles. The van der Waals surface area contributed by atoms with E-state index in [1.54, 1.807) is 30.6 Å². The number of carbonyl (C=O) groups is 2.